The summed E-state index contributed by atoms with van der Waals surface area (Å²) in [5.74, 6) is 0.941. The largest absolute Gasteiger partial charge is 0.348 e. The van der Waals surface area contributed by atoms with E-state index in [1.54, 1.807) is 6.20 Å². The lowest BCUT2D eigenvalue weighted by molar-refractivity contribution is 0.752. The molecule has 98 valence electrons. The summed E-state index contributed by atoms with van der Waals surface area (Å²) in [7, 11) is 0. The predicted octanol–water partition coefficient (Wildman–Crippen LogP) is 2.10. The van der Waals surface area contributed by atoms with Crippen LogP contribution in [0.3, 0.4) is 0 Å². The van der Waals surface area contributed by atoms with Gasteiger partial charge in [-0.05, 0) is 24.5 Å². The van der Waals surface area contributed by atoms with Gasteiger partial charge < -0.3 is 10.6 Å². The number of hydrogen-bond acceptors (Lipinski definition) is 4. The number of rotatable bonds is 5. The van der Waals surface area contributed by atoms with E-state index in [1.165, 1.54) is 18.4 Å². The molecule has 1 saturated carbocycles. The van der Waals surface area contributed by atoms with Crippen molar-refractivity contribution in [1.82, 2.24) is 10.2 Å². The summed E-state index contributed by atoms with van der Waals surface area (Å²) in [5, 5.41) is 8.32. The molecular formula is C15H18N4. The minimum Gasteiger partial charge on any atom is -0.348 e. The first-order chi connectivity index (χ1) is 9.38. The lowest BCUT2D eigenvalue weighted by atomic mass is 10.2. The van der Waals surface area contributed by atoms with E-state index in [0.717, 1.165) is 17.9 Å². The lowest BCUT2D eigenvalue weighted by Gasteiger charge is -2.25. The normalized spacial score (nSPS) is 14.4. The van der Waals surface area contributed by atoms with E-state index >= 15 is 0 Å². The van der Waals surface area contributed by atoms with Crippen molar-refractivity contribution in [2.75, 3.05) is 4.90 Å². The fourth-order valence-corrected chi connectivity index (χ4v) is 2.29. The number of anilines is 1. The van der Waals surface area contributed by atoms with Gasteiger partial charge in [-0.25, -0.2) is 0 Å². The van der Waals surface area contributed by atoms with Crippen molar-refractivity contribution in [2.45, 2.75) is 32.0 Å². The van der Waals surface area contributed by atoms with Gasteiger partial charge in [0.25, 0.3) is 0 Å². The molecular weight excluding hydrogens is 236 g/mol. The molecule has 1 aliphatic rings. The van der Waals surface area contributed by atoms with Crippen molar-refractivity contribution >= 4 is 5.82 Å². The van der Waals surface area contributed by atoms with Crippen LogP contribution in [0, 0.1) is 0 Å². The molecule has 0 radical (unpaired) electrons. The summed E-state index contributed by atoms with van der Waals surface area (Å²) in [6, 6.07) is 13.0. The second-order valence-corrected chi connectivity index (χ2v) is 4.93. The molecule has 0 amide bonds. The maximum atomic E-state index is 5.81. The minimum absolute atomic E-state index is 0.503. The molecule has 19 heavy (non-hydrogen) atoms. The summed E-state index contributed by atoms with van der Waals surface area (Å²) in [5.41, 5.74) is 8.17. The highest BCUT2D eigenvalue weighted by atomic mass is 15.3. The van der Waals surface area contributed by atoms with Crippen LogP contribution in [-0.4, -0.2) is 16.2 Å². The lowest BCUT2D eigenvalue weighted by Crippen LogP contribution is -2.28. The number of nitrogens with two attached hydrogens (primary N) is 1. The van der Waals surface area contributed by atoms with Crippen LogP contribution in [0.2, 0.25) is 0 Å². The Morgan fingerprint density at radius 2 is 1.95 bits per heavy atom. The molecule has 1 aliphatic carbocycles. The van der Waals surface area contributed by atoms with Gasteiger partial charge in [0.05, 0.1) is 6.20 Å². The Balaban J connectivity index is 1.89. The van der Waals surface area contributed by atoms with Crippen molar-refractivity contribution in [2.24, 2.45) is 5.73 Å². The first-order valence-electron chi connectivity index (χ1n) is 6.69. The molecule has 2 N–H and O–H groups in total. The fourth-order valence-electron chi connectivity index (χ4n) is 2.29. The van der Waals surface area contributed by atoms with Crippen LogP contribution >= 0.6 is 0 Å². The molecule has 0 saturated heterocycles. The van der Waals surface area contributed by atoms with Crippen molar-refractivity contribution in [1.29, 1.82) is 0 Å². The predicted molar refractivity (Wildman–Crippen MR) is 75.6 cm³/mol. The average Bonchev–Trinajstić information content (AvgIpc) is 3.30. The van der Waals surface area contributed by atoms with E-state index in [2.05, 4.69) is 39.4 Å². The van der Waals surface area contributed by atoms with Crippen LogP contribution < -0.4 is 10.6 Å². The van der Waals surface area contributed by atoms with Gasteiger partial charge in [-0.3, -0.25) is 0 Å². The third-order valence-corrected chi connectivity index (χ3v) is 3.46. The van der Waals surface area contributed by atoms with E-state index in [-0.39, 0.29) is 0 Å². The third-order valence-electron chi connectivity index (χ3n) is 3.46. The number of benzene rings is 1. The Kier molecular flexibility index (Phi) is 3.42. The van der Waals surface area contributed by atoms with E-state index in [4.69, 9.17) is 5.73 Å². The number of nitrogens with zero attached hydrogens (tertiary/aromatic N) is 3. The Morgan fingerprint density at radius 1 is 1.16 bits per heavy atom. The van der Waals surface area contributed by atoms with Gasteiger partial charge in [0.15, 0.2) is 5.82 Å². The summed E-state index contributed by atoms with van der Waals surface area (Å²) in [6.07, 6.45) is 4.17. The van der Waals surface area contributed by atoms with Gasteiger partial charge in [0.2, 0.25) is 0 Å². The first-order valence-corrected chi connectivity index (χ1v) is 6.69. The topological polar surface area (TPSA) is 55.0 Å². The molecule has 1 aromatic carbocycles. The standard InChI is InChI=1S/C15H18N4/c16-10-13-8-9-17-18-15(13)19(14-6-7-14)11-12-4-2-1-3-5-12/h1-5,8-9,14H,6-7,10-11,16H2. The second kappa shape index (κ2) is 5.36. The van der Waals surface area contributed by atoms with Gasteiger partial charge in [-0.2, -0.15) is 5.10 Å². The van der Waals surface area contributed by atoms with Crippen LogP contribution in [-0.2, 0) is 13.1 Å². The molecule has 1 aromatic heterocycles. The summed E-state index contributed by atoms with van der Waals surface area (Å²) in [6.45, 7) is 1.38. The van der Waals surface area contributed by atoms with Gasteiger partial charge in [-0.15, -0.1) is 5.10 Å². The molecule has 2 aromatic rings. The molecule has 0 aliphatic heterocycles. The zero-order valence-electron chi connectivity index (χ0n) is 10.9. The highest BCUT2D eigenvalue weighted by Crippen LogP contribution is 2.33. The van der Waals surface area contributed by atoms with Crippen molar-refractivity contribution in [3.63, 3.8) is 0 Å². The SMILES string of the molecule is NCc1ccnnc1N(Cc1ccccc1)C1CC1. The van der Waals surface area contributed by atoms with Crippen LogP contribution in [0.25, 0.3) is 0 Å². The van der Waals surface area contributed by atoms with E-state index in [1.807, 2.05) is 12.1 Å². The zero-order valence-corrected chi connectivity index (χ0v) is 10.9. The molecule has 1 fully saturated rings. The quantitative estimate of drug-likeness (QED) is 0.887. The van der Waals surface area contributed by atoms with Crippen LogP contribution in [0.5, 0.6) is 0 Å². The van der Waals surface area contributed by atoms with Gasteiger partial charge in [0, 0.05) is 24.7 Å². The summed E-state index contributed by atoms with van der Waals surface area (Å²) >= 11 is 0. The van der Waals surface area contributed by atoms with Crippen molar-refractivity contribution < 1.29 is 0 Å². The van der Waals surface area contributed by atoms with E-state index < -0.39 is 0 Å². The maximum Gasteiger partial charge on any atom is 0.156 e. The molecule has 0 atom stereocenters. The highest BCUT2D eigenvalue weighted by Gasteiger charge is 2.31. The second-order valence-electron chi connectivity index (χ2n) is 4.93. The Hall–Kier alpha value is -1.94. The Labute approximate surface area is 113 Å². The molecule has 0 spiro atoms. The molecule has 0 bridgehead atoms. The monoisotopic (exact) mass is 254 g/mol. The average molecular weight is 254 g/mol. The fraction of sp³-hybridized carbons (Fsp3) is 0.333. The van der Waals surface area contributed by atoms with Gasteiger partial charge in [-0.1, -0.05) is 30.3 Å². The molecule has 0 unspecified atom stereocenters. The Morgan fingerprint density at radius 3 is 2.63 bits per heavy atom. The highest BCUT2D eigenvalue weighted by molar-refractivity contribution is 5.48. The summed E-state index contributed by atoms with van der Waals surface area (Å²) < 4.78 is 0. The zero-order chi connectivity index (χ0) is 13.1. The van der Waals surface area contributed by atoms with Gasteiger partial charge >= 0.3 is 0 Å². The maximum absolute atomic E-state index is 5.81. The molecule has 3 rings (SSSR count). The van der Waals surface area contributed by atoms with Gasteiger partial charge in [0.1, 0.15) is 0 Å². The first kappa shape index (κ1) is 12.1. The van der Waals surface area contributed by atoms with Crippen LogP contribution in [0.4, 0.5) is 5.82 Å². The molecule has 1 heterocycles. The smallest absolute Gasteiger partial charge is 0.156 e. The van der Waals surface area contributed by atoms with Crippen LogP contribution in [0.15, 0.2) is 42.6 Å². The van der Waals surface area contributed by atoms with Crippen LogP contribution in [0.1, 0.15) is 24.0 Å². The molecule has 4 nitrogen and oxygen atoms in total. The number of aromatic nitrogens is 2. The minimum atomic E-state index is 0.503. The molecule has 4 heteroatoms. The van der Waals surface area contributed by atoms with Crippen molar-refractivity contribution in [3.05, 3.63) is 53.7 Å². The third kappa shape index (κ3) is 2.74. The summed E-state index contributed by atoms with van der Waals surface area (Å²) in [4.78, 5) is 2.34. The van der Waals surface area contributed by atoms with E-state index in [0.29, 0.717) is 12.6 Å². The number of hydrogen-bond donors (Lipinski definition) is 1. The van der Waals surface area contributed by atoms with E-state index in [9.17, 15) is 0 Å². The Bertz CT molecular complexity index is 537. The van der Waals surface area contributed by atoms with Crippen molar-refractivity contribution in [3.8, 4) is 0 Å².